The summed E-state index contributed by atoms with van der Waals surface area (Å²) in [6.07, 6.45) is 12.5. The van der Waals surface area contributed by atoms with Crippen molar-refractivity contribution >= 4 is 0 Å². The first-order valence-electron chi connectivity index (χ1n) is 5.32. The molecule has 1 nitrogen and oxygen atoms in total. The van der Waals surface area contributed by atoms with Gasteiger partial charge < -0.3 is 5.32 Å². The molecule has 0 aliphatic heterocycles. The normalized spacial score (nSPS) is 22.9. The van der Waals surface area contributed by atoms with Crippen molar-refractivity contribution in [3.63, 3.8) is 0 Å². The standard InChI is InChI=1S/C11H21N/c1-2-3-7-10-12-11-8-5-4-6-9-11/h4-5,11-12H,2-3,6-10H2,1H3. The third kappa shape index (κ3) is 3.91. The Morgan fingerprint density at radius 1 is 1.33 bits per heavy atom. The molecule has 1 atom stereocenters. The van der Waals surface area contributed by atoms with Crippen molar-refractivity contribution in [2.75, 3.05) is 6.54 Å². The lowest BCUT2D eigenvalue weighted by Crippen LogP contribution is -2.30. The Labute approximate surface area is 76.2 Å². The highest BCUT2D eigenvalue weighted by Crippen LogP contribution is 2.10. The third-order valence-corrected chi connectivity index (χ3v) is 2.48. The fourth-order valence-electron chi connectivity index (χ4n) is 1.66. The second-order valence-corrected chi connectivity index (χ2v) is 3.64. The van der Waals surface area contributed by atoms with Crippen molar-refractivity contribution in [3.05, 3.63) is 12.2 Å². The van der Waals surface area contributed by atoms with Gasteiger partial charge in [0, 0.05) is 6.04 Å². The average Bonchev–Trinajstić information content (AvgIpc) is 2.14. The first-order valence-corrected chi connectivity index (χ1v) is 5.32. The third-order valence-electron chi connectivity index (χ3n) is 2.48. The average molecular weight is 167 g/mol. The van der Waals surface area contributed by atoms with Crippen LogP contribution >= 0.6 is 0 Å². The van der Waals surface area contributed by atoms with E-state index < -0.39 is 0 Å². The van der Waals surface area contributed by atoms with Gasteiger partial charge >= 0.3 is 0 Å². The van der Waals surface area contributed by atoms with Crippen molar-refractivity contribution in [1.82, 2.24) is 5.32 Å². The Kier molecular flexibility index (Phi) is 5.09. The van der Waals surface area contributed by atoms with E-state index in [2.05, 4.69) is 24.4 Å². The molecule has 1 aliphatic carbocycles. The summed E-state index contributed by atoms with van der Waals surface area (Å²) in [6.45, 7) is 3.47. The molecule has 0 fully saturated rings. The van der Waals surface area contributed by atoms with Crippen LogP contribution in [0.4, 0.5) is 0 Å². The van der Waals surface area contributed by atoms with E-state index in [1.165, 1.54) is 45.1 Å². The van der Waals surface area contributed by atoms with Crippen LogP contribution in [0.5, 0.6) is 0 Å². The molecule has 0 radical (unpaired) electrons. The van der Waals surface area contributed by atoms with Gasteiger partial charge in [0.05, 0.1) is 0 Å². The lowest BCUT2D eigenvalue weighted by Gasteiger charge is -2.19. The van der Waals surface area contributed by atoms with Gasteiger partial charge in [-0.1, -0.05) is 31.9 Å². The summed E-state index contributed by atoms with van der Waals surface area (Å²) >= 11 is 0. The van der Waals surface area contributed by atoms with E-state index in [4.69, 9.17) is 0 Å². The maximum atomic E-state index is 3.61. The van der Waals surface area contributed by atoms with Gasteiger partial charge in [0.15, 0.2) is 0 Å². The molecule has 0 heterocycles. The highest BCUT2D eigenvalue weighted by molar-refractivity contribution is 4.92. The molecule has 0 bridgehead atoms. The van der Waals surface area contributed by atoms with Crippen molar-refractivity contribution in [3.8, 4) is 0 Å². The molecule has 0 saturated heterocycles. The molecule has 0 spiro atoms. The molecule has 1 N–H and O–H groups in total. The maximum Gasteiger partial charge on any atom is 0.0104 e. The van der Waals surface area contributed by atoms with Crippen LogP contribution in [0.3, 0.4) is 0 Å². The van der Waals surface area contributed by atoms with Crippen LogP contribution in [-0.2, 0) is 0 Å². The molecule has 0 aromatic carbocycles. The van der Waals surface area contributed by atoms with Crippen molar-refractivity contribution in [1.29, 1.82) is 0 Å². The second kappa shape index (κ2) is 6.24. The molecule has 0 saturated carbocycles. The maximum absolute atomic E-state index is 3.61. The molecule has 0 amide bonds. The van der Waals surface area contributed by atoms with Crippen LogP contribution < -0.4 is 5.32 Å². The summed E-state index contributed by atoms with van der Waals surface area (Å²) in [5, 5.41) is 3.61. The van der Waals surface area contributed by atoms with Gasteiger partial charge in [-0.25, -0.2) is 0 Å². The monoisotopic (exact) mass is 167 g/mol. The summed E-state index contributed by atoms with van der Waals surface area (Å²) < 4.78 is 0. The zero-order valence-electron chi connectivity index (χ0n) is 8.18. The van der Waals surface area contributed by atoms with Crippen LogP contribution in [0.25, 0.3) is 0 Å². The van der Waals surface area contributed by atoms with Crippen LogP contribution in [0, 0.1) is 0 Å². The van der Waals surface area contributed by atoms with E-state index in [9.17, 15) is 0 Å². The van der Waals surface area contributed by atoms with Gasteiger partial charge in [-0.2, -0.15) is 0 Å². The zero-order valence-corrected chi connectivity index (χ0v) is 8.18. The predicted octanol–water partition coefficient (Wildman–Crippen LogP) is 2.87. The van der Waals surface area contributed by atoms with E-state index in [1.54, 1.807) is 0 Å². The Morgan fingerprint density at radius 2 is 2.25 bits per heavy atom. The first kappa shape index (κ1) is 9.79. The molecule has 1 unspecified atom stereocenters. The van der Waals surface area contributed by atoms with E-state index in [1.807, 2.05) is 0 Å². The molecule has 1 heteroatoms. The molecule has 1 aliphatic rings. The molecule has 0 aromatic rings. The second-order valence-electron chi connectivity index (χ2n) is 3.64. The van der Waals surface area contributed by atoms with E-state index >= 15 is 0 Å². The number of hydrogen-bond donors (Lipinski definition) is 1. The minimum absolute atomic E-state index is 0.770. The van der Waals surface area contributed by atoms with Crippen molar-refractivity contribution < 1.29 is 0 Å². The Morgan fingerprint density at radius 3 is 2.92 bits per heavy atom. The Balaban J connectivity index is 1.95. The minimum atomic E-state index is 0.770. The number of nitrogens with one attached hydrogen (secondary N) is 1. The van der Waals surface area contributed by atoms with Gasteiger partial charge in [-0.05, 0) is 32.2 Å². The molecule has 12 heavy (non-hydrogen) atoms. The summed E-state index contributed by atoms with van der Waals surface area (Å²) in [7, 11) is 0. The fraction of sp³-hybridized carbons (Fsp3) is 0.818. The Hall–Kier alpha value is -0.300. The van der Waals surface area contributed by atoms with Gasteiger partial charge in [-0.15, -0.1) is 0 Å². The van der Waals surface area contributed by atoms with Gasteiger partial charge in [0.2, 0.25) is 0 Å². The summed E-state index contributed by atoms with van der Waals surface area (Å²) in [5.41, 5.74) is 0. The number of unbranched alkanes of at least 4 members (excludes halogenated alkanes) is 2. The smallest absolute Gasteiger partial charge is 0.0104 e. The summed E-state index contributed by atoms with van der Waals surface area (Å²) in [5.74, 6) is 0. The lowest BCUT2D eigenvalue weighted by atomic mass is 10.0. The number of hydrogen-bond acceptors (Lipinski definition) is 1. The van der Waals surface area contributed by atoms with Crippen LogP contribution in [-0.4, -0.2) is 12.6 Å². The molecule has 0 aromatic heterocycles. The van der Waals surface area contributed by atoms with E-state index in [0.29, 0.717) is 0 Å². The Bertz CT molecular complexity index is 129. The van der Waals surface area contributed by atoms with Crippen molar-refractivity contribution in [2.45, 2.75) is 51.5 Å². The molecular weight excluding hydrogens is 146 g/mol. The quantitative estimate of drug-likeness (QED) is 0.490. The molecule has 1 rings (SSSR count). The first-order chi connectivity index (χ1) is 5.93. The van der Waals surface area contributed by atoms with Crippen LogP contribution in [0.1, 0.15) is 45.4 Å². The number of rotatable bonds is 5. The number of allylic oxidation sites excluding steroid dienone is 1. The van der Waals surface area contributed by atoms with Crippen molar-refractivity contribution in [2.24, 2.45) is 0 Å². The largest absolute Gasteiger partial charge is 0.314 e. The fourth-order valence-corrected chi connectivity index (χ4v) is 1.66. The van der Waals surface area contributed by atoms with Crippen LogP contribution in [0.15, 0.2) is 12.2 Å². The van der Waals surface area contributed by atoms with E-state index in [-0.39, 0.29) is 0 Å². The van der Waals surface area contributed by atoms with Gasteiger partial charge in [0.1, 0.15) is 0 Å². The predicted molar refractivity (Wildman–Crippen MR) is 54.3 cm³/mol. The molecule has 70 valence electrons. The summed E-state index contributed by atoms with van der Waals surface area (Å²) in [4.78, 5) is 0. The SMILES string of the molecule is CCCCCNC1CC=CCC1. The topological polar surface area (TPSA) is 12.0 Å². The zero-order chi connectivity index (χ0) is 8.65. The highest BCUT2D eigenvalue weighted by Gasteiger charge is 2.07. The van der Waals surface area contributed by atoms with E-state index in [0.717, 1.165) is 6.04 Å². The van der Waals surface area contributed by atoms with Gasteiger partial charge in [0.25, 0.3) is 0 Å². The molecular formula is C11H21N. The van der Waals surface area contributed by atoms with Gasteiger partial charge in [-0.3, -0.25) is 0 Å². The highest BCUT2D eigenvalue weighted by atomic mass is 14.9. The minimum Gasteiger partial charge on any atom is -0.314 e. The summed E-state index contributed by atoms with van der Waals surface area (Å²) in [6, 6.07) is 0.770. The lowest BCUT2D eigenvalue weighted by molar-refractivity contribution is 0.464. The van der Waals surface area contributed by atoms with Crippen LogP contribution in [0.2, 0.25) is 0 Å².